The van der Waals surface area contributed by atoms with Crippen LogP contribution in [0.15, 0.2) is 40.2 Å². The summed E-state index contributed by atoms with van der Waals surface area (Å²) in [5, 5.41) is 2.92. The average Bonchev–Trinajstić information content (AvgIpc) is 2.88. The van der Waals surface area contributed by atoms with Gasteiger partial charge in [0.05, 0.1) is 8.66 Å². The van der Waals surface area contributed by atoms with Gasteiger partial charge < -0.3 is 5.32 Å². The fraction of sp³-hybridized carbons (Fsp3) is 0.312. The Labute approximate surface area is 132 Å². The van der Waals surface area contributed by atoms with Gasteiger partial charge >= 0.3 is 0 Å². The van der Waals surface area contributed by atoms with Crippen LogP contribution >= 0.6 is 27.3 Å². The summed E-state index contributed by atoms with van der Waals surface area (Å²) in [4.78, 5) is 12.7. The maximum Gasteiger partial charge on any atom is 0.265 e. The molecular formula is C16H18BrNOS. The molecule has 20 heavy (non-hydrogen) atoms. The predicted molar refractivity (Wildman–Crippen MR) is 89.6 cm³/mol. The number of hydrogen-bond acceptors (Lipinski definition) is 2. The molecule has 2 nitrogen and oxygen atoms in total. The molecule has 0 saturated heterocycles. The molecule has 0 spiro atoms. The second kappa shape index (κ2) is 7.60. The maximum absolute atomic E-state index is 12.0. The third kappa shape index (κ3) is 4.46. The van der Waals surface area contributed by atoms with Gasteiger partial charge in [-0.2, -0.15) is 0 Å². The Bertz CT molecular complexity index is 562. The second-order valence-electron chi connectivity index (χ2n) is 4.71. The summed E-state index contributed by atoms with van der Waals surface area (Å²) in [6.07, 6.45) is 4.85. The topological polar surface area (TPSA) is 29.1 Å². The fourth-order valence-corrected chi connectivity index (χ4v) is 3.24. The van der Waals surface area contributed by atoms with Crippen LogP contribution < -0.4 is 5.32 Å². The van der Waals surface area contributed by atoms with E-state index in [0.717, 1.165) is 15.9 Å². The molecule has 0 radical (unpaired) electrons. The lowest BCUT2D eigenvalue weighted by Crippen LogP contribution is -2.09. The van der Waals surface area contributed by atoms with E-state index < -0.39 is 0 Å². The lowest BCUT2D eigenvalue weighted by Gasteiger charge is -2.05. The molecule has 0 fully saturated rings. The van der Waals surface area contributed by atoms with E-state index in [0.29, 0.717) is 4.88 Å². The third-order valence-corrected chi connectivity index (χ3v) is 4.70. The van der Waals surface area contributed by atoms with E-state index in [1.165, 1.54) is 36.2 Å². The van der Waals surface area contributed by atoms with E-state index >= 15 is 0 Å². The summed E-state index contributed by atoms with van der Waals surface area (Å²) >= 11 is 4.80. The van der Waals surface area contributed by atoms with Gasteiger partial charge in [-0.05, 0) is 58.6 Å². The number of hydrogen-bond donors (Lipinski definition) is 1. The van der Waals surface area contributed by atoms with Crippen LogP contribution in [0, 0.1) is 0 Å². The minimum Gasteiger partial charge on any atom is -0.321 e. The number of unbranched alkanes of at least 4 members (excludes halogenated alkanes) is 2. The normalized spacial score (nSPS) is 10.5. The second-order valence-corrected chi connectivity index (χ2v) is 7.17. The average molecular weight is 352 g/mol. The van der Waals surface area contributed by atoms with Crippen molar-refractivity contribution in [2.24, 2.45) is 0 Å². The van der Waals surface area contributed by atoms with Gasteiger partial charge in [0.15, 0.2) is 0 Å². The highest BCUT2D eigenvalue weighted by Gasteiger charge is 2.08. The Balaban J connectivity index is 1.91. The first-order valence-corrected chi connectivity index (χ1v) is 8.45. The highest BCUT2D eigenvalue weighted by atomic mass is 79.9. The van der Waals surface area contributed by atoms with E-state index in [1.807, 2.05) is 24.3 Å². The molecule has 4 heteroatoms. The summed E-state index contributed by atoms with van der Waals surface area (Å²) in [6.45, 7) is 2.21. The summed E-state index contributed by atoms with van der Waals surface area (Å²) in [7, 11) is 0. The summed E-state index contributed by atoms with van der Waals surface area (Å²) < 4.78 is 0.967. The lowest BCUT2D eigenvalue weighted by molar-refractivity contribution is 0.103. The molecule has 1 aromatic carbocycles. The van der Waals surface area contributed by atoms with Gasteiger partial charge in [-0.15, -0.1) is 11.3 Å². The van der Waals surface area contributed by atoms with Crippen LogP contribution in [0.2, 0.25) is 0 Å². The van der Waals surface area contributed by atoms with Crippen LogP contribution in [0.4, 0.5) is 5.69 Å². The first-order valence-electron chi connectivity index (χ1n) is 6.84. The molecule has 1 amide bonds. The molecule has 0 unspecified atom stereocenters. The fourth-order valence-electron chi connectivity index (χ4n) is 1.96. The van der Waals surface area contributed by atoms with Gasteiger partial charge in [0.2, 0.25) is 0 Å². The first kappa shape index (κ1) is 15.3. The number of amides is 1. The lowest BCUT2D eigenvalue weighted by atomic mass is 10.1. The Morgan fingerprint density at radius 2 is 1.90 bits per heavy atom. The van der Waals surface area contributed by atoms with Crippen LogP contribution in [0.1, 0.15) is 41.4 Å². The van der Waals surface area contributed by atoms with E-state index in [9.17, 15) is 4.79 Å². The van der Waals surface area contributed by atoms with Gasteiger partial charge in [0.1, 0.15) is 0 Å². The van der Waals surface area contributed by atoms with Crippen molar-refractivity contribution in [3.8, 4) is 0 Å². The van der Waals surface area contributed by atoms with E-state index in [-0.39, 0.29) is 5.91 Å². The number of thiophene rings is 1. The van der Waals surface area contributed by atoms with Crippen molar-refractivity contribution < 1.29 is 4.79 Å². The molecule has 0 atom stereocenters. The maximum atomic E-state index is 12.0. The number of carbonyl (C=O) groups is 1. The number of rotatable bonds is 6. The van der Waals surface area contributed by atoms with Crippen molar-refractivity contribution in [1.29, 1.82) is 0 Å². The number of nitrogens with one attached hydrogen (secondary N) is 1. The Kier molecular flexibility index (Phi) is 5.80. The Hall–Kier alpha value is -1.13. The molecule has 1 aromatic heterocycles. The summed E-state index contributed by atoms with van der Waals surface area (Å²) in [5.41, 5.74) is 2.18. The smallest absolute Gasteiger partial charge is 0.265 e. The molecule has 0 bridgehead atoms. The number of carbonyl (C=O) groups excluding carboxylic acids is 1. The number of benzene rings is 1. The molecule has 2 aromatic rings. The van der Waals surface area contributed by atoms with E-state index in [2.05, 4.69) is 40.3 Å². The van der Waals surface area contributed by atoms with Gasteiger partial charge in [-0.1, -0.05) is 31.9 Å². The zero-order valence-electron chi connectivity index (χ0n) is 11.5. The third-order valence-electron chi connectivity index (χ3n) is 3.08. The van der Waals surface area contributed by atoms with Crippen LogP contribution in [0.25, 0.3) is 0 Å². The Morgan fingerprint density at radius 3 is 2.50 bits per heavy atom. The van der Waals surface area contributed by atoms with Crippen molar-refractivity contribution in [3.63, 3.8) is 0 Å². The zero-order valence-corrected chi connectivity index (χ0v) is 13.9. The predicted octanol–water partition coefficient (Wildman–Crippen LogP) is 5.50. The number of anilines is 1. The van der Waals surface area contributed by atoms with Gasteiger partial charge in [-0.3, -0.25) is 4.79 Å². The molecule has 106 valence electrons. The Morgan fingerprint density at radius 1 is 1.15 bits per heavy atom. The van der Waals surface area contributed by atoms with Crippen LogP contribution in [0.5, 0.6) is 0 Å². The standard InChI is InChI=1S/C16H18BrNOS/c1-2-3-4-5-12-6-8-13(9-7-12)18-16(19)14-10-11-15(17)20-14/h6-11H,2-5H2,1H3,(H,18,19). The van der Waals surface area contributed by atoms with Crippen molar-refractivity contribution >= 4 is 38.9 Å². The molecule has 1 N–H and O–H groups in total. The highest BCUT2D eigenvalue weighted by Crippen LogP contribution is 2.23. The van der Waals surface area contributed by atoms with Crippen molar-refractivity contribution in [1.82, 2.24) is 0 Å². The molecule has 0 aliphatic rings. The molecule has 0 aliphatic heterocycles. The first-order chi connectivity index (χ1) is 9.69. The van der Waals surface area contributed by atoms with Crippen molar-refractivity contribution in [2.75, 3.05) is 5.32 Å². The van der Waals surface area contributed by atoms with Gasteiger partial charge in [0.25, 0.3) is 5.91 Å². The van der Waals surface area contributed by atoms with Crippen LogP contribution in [-0.4, -0.2) is 5.91 Å². The van der Waals surface area contributed by atoms with E-state index in [1.54, 1.807) is 0 Å². The van der Waals surface area contributed by atoms with Gasteiger partial charge in [0, 0.05) is 5.69 Å². The summed E-state index contributed by atoms with van der Waals surface area (Å²) in [6, 6.07) is 11.8. The SMILES string of the molecule is CCCCCc1ccc(NC(=O)c2ccc(Br)s2)cc1. The minimum absolute atomic E-state index is 0.0561. The van der Waals surface area contributed by atoms with Gasteiger partial charge in [-0.25, -0.2) is 0 Å². The molecule has 0 aliphatic carbocycles. The van der Waals surface area contributed by atoms with Crippen molar-refractivity contribution in [2.45, 2.75) is 32.6 Å². The van der Waals surface area contributed by atoms with Crippen LogP contribution in [-0.2, 0) is 6.42 Å². The number of halogens is 1. The van der Waals surface area contributed by atoms with Crippen molar-refractivity contribution in [3.05, 3.63) is 50.6 Å². The minimum atomic E-state index is -0.0561. The van der Waals surface area contributed by atoms with E-state index in [4.69, 9.17) is 0 Å². The van der Waals surface area contributed by atoms with Crippen LogP contribution in [0.3, 0.4) is 0 Å². The summed E-state index contributed by atoms with van der Waals surface area (Å²) in [5.74, 6) is -0.0561. The highest BCUT2D eigenvalue weighted by molar-refractivity contribution is 9.11. The molecule has 0 saturated carbocycles. The molecule has 2 rings (SSSR count). The molecule has 1 heterocycles. The zero-order chi connectivity index (χ0) is 14.4. The monoisotopic (exact) mass is 351 g/mol. The quantitative estimate of drug-likeness (QED) is 0.684. The molecular weight excluding hydrogens is 334 g/mol. The number of aryl methyl sites for hydroxylation is 1. The largest absolute Gasteiger partial charge is 0.321 e.